The number of hydrogen-bond acceptors (Lipinski definition) is 3. The van der Waals surface area contributed by atoms with E-state index in [0.29, 0.717) is 5.56 Å². The van der Waals surface area contributed by atoms with Crippen LogP contribution in [0.15, 0.2) is 11.3 Å². The molecule has 0 saturated heterocycles. The summed E-state index contributed by atoms with van der Waals surface area (Å²) in [5.41, 5.74) is 6.05. The average Bonchev–Trinajstić information content (AvgIpc) is 2.74. The molecule has 0 amide bonds. The van der Waals surface area contributed by atoms with E-state index < -0.39 is 0 Å². The van der Waals surface area contributed by atoms with Crippen LogP contribution < -0.4 is 0 Å². The zero-order chi connectivity index (χ0) is 11.7. The van der Waals surface area contributed by atoms with Gasteiger partial charge in [0.05, 0.1) is 10.5 Å². The van der Waals surface area contributed by atoms with Crippen molar-refractivity contribution in [3.05, 3.63) is 40.2 Å². The minimum absolute atomic E-state index is 0. The standard InChI is InChI=1S/C11H12N3OS.2Re/c1-7-5-14-10(4-13-12-3)9(6-15)8(2)11(14)16-7;;/h4-6H,1H2,2-3H3,(H,12,15);;/q-1;;/p-1. The largest absolute Gasteiger partial charge is 0.605 e. The predicted octanol–water partition coefficient (Wildman–Crippen LogP) is 2.64. The summed E-state index contributed by atoms with van der Waals surface area (Å²) in [6.07, 6.45) is 4.35. The number of aromatic nitrogens is 1. The molecule has 0 aliphatic heterocycles. The molecule has 2 rings (SSSR count). The molecule has 2 radical (unpaired) electrons. The molecule has 2 heterocycles. The first kappa shape index (κ1) is 17.6. The van der Waals surface area contributed by atoms with Gasteiger partial charge in [-0.2, -0.15) is 11.3 Å². The molecular formula is C11H11N3ORe2S-2. The predicted molar refractivity (Wildman–Crippen MR) is 66.7 cm³/mol. The second kappa shape index (κ2) is 7.23. The molecule has 0 aromatic carbocycles. The molecule has 0 N–H and O–H groups in total. The van der Waals surface area contributed by atoms with E-state index in [4.69, 9.17) is 0 Å². The van der Waals surface area contributed by atoms with Crippen LogP contribution >= 0.6 is 11.3 Å². The molecular weight excluding hydrogens is 595 g/mol. The second-order valence-corrected chi connectivity index (χ2v) is 4.47. The molecule has 7 heteroatoms. The monoisotopic (exact) mass is 607 g/mol. The summed E-state index contributed by atoms with van der Waals surface area (Å²) in [6, 6.07) is 0. The van der Waals surface area contributed by atoms with Gasteiger partial charge in [-0.15, -0.1) is 18.1 Å². The van der Waals surface area contributed by atoms with Crippen molar-refractivity contribution < 1.29 is 45.6 Å². The third-order valence-electron chi connectivity index (χ3n) is 2.39. The molecule has 0 aliphatic rings. The Morgan fingerprint density at radius 2 is 2.17 bits per heavy atom. The first-order valence-corrected chi connectivity index (χ1v) is 5.54. The van der Waals surface area contributed by atoms with Gasteiger partial charge in [0.15, 0.2) is 6.29 Å². The van der Waals surface area contributed by atoms with Crippen molar-refractivity contribution in [2.24, 2.45) is 5.10 Å². The maximum absolute atomic E-state index is 11.0. The fraction of sp³-hybridized carbons (Fsp3) is 0.182. The molecule has 0 fully saturated rings. The molecule has 2 aromatic rings. The summed E-state index contributed by atoms with van der Waals surface area (Å²) >= 11 is 1.56. The summed E-state index contributed by atoms with van der Waals surface area (Å²) in [5, 5.41) is 3.83. The van der Waals surface area contributed by atoms with Crippen molar-refractivity contribution in [2.75, 3.05) is 7.05 Å². The summed E-state index contributed by atoms with van der Waals surface area (Å²) in [6.45, 7) is 5.82. The number of aldehydes is 1. The molecule has 4 nitrogen and oxygen atoms in total. The number of carbonyl (C=O) groups is 1. The SMILES string of the molecule is [CH2-]c1cn2c(/C=N\[N-]C)c(C=O)c(C)c2s1.[Re].[Re]. The number of thiazole rings is 1. The van der Waals surface area contributed by atoms with E-state index in [1.165, 1.54) is 0 Å². The maximum Gasteiger partial charge on any atom is 0.152 e. The minimum Gasteiger partial charge on any atom is -0.605 e. The summed E-state index contributed by atoms with van der Waals surface area (Å²) in [7, 11) is 1.59. The summed E-state index contributed by atoms with van der Waals surface area (Å²) < 4.78 is 1.93. The van der Waals surface area contributed by atoms with Crippen LogP contribution in [0, 0.1) is 13.8 Å². The number of aryl methyl sites for hydroxylation is 1. The van der Waals surface area contributed by atoms with Gasteiger partial charge in [-0.05, 0) is 12.5 Å². The molecule has 0 unspecified atom stereocenters. The molecule has 0 spiro atoms. The van der Waals surface area contributed by atoms with Gasteiger partial charge in [0.25, 0.3) is 0 Å². The maximum atomic E-state index is 11.0. The number of rotatable bonds is 3. The van der Waals surface area contributed by atoms with Crippen LogP contribution in [0.4, 0.5) is 0 Å². The van der Waals surface area contributed by atoms with E-state index in [-0.39, 0.29) is 40.8 Å². The van der Waals surface area contributed by atoms with Gasteiger partial charge in [0, 0.05) is 52.6 Å². The molecule has 2 aromatic heterocycles. The van der Waals surface area contributed by atoms with Crippen LogP contribution in [-0.2, 0) is 40.8 Å². The average molecular weight is 606 g/mol. The molecule has 0 atom stereocenters. The number of fused-ring (bicyclic) bond motifs is 1. The number of carbonyl (C=O) groups excluding carboxylic acids is 1. The smallest absolute Gasteiger partial charge is 0.152 e. The number of nitrogens with zero attached hydrogens (tertiary/aromatic N) is 3. The van der Waals surface area contributed by atoms with Gasteiger partial charge in [-0.1, -0.05) is 0 Å². The Balaban J connectivity index is 0.00000144. The molecule has 98 valence electrons. The fourth-order valence-corrected chi connectivity index (χ4v) is 2.59. The number of hydrogen-bond donors (Lipinski definition) is 0. The Labute approximate surface area is 137 Å². The molecule has 0 aliphatic carbocycles. The Kier molecular flexibility index (Phi) is 7.06. The quantitative estimate of drug-likeness (QED) is 0.230. The Bertz CT molecular complexity index is 574. The van der Waals surface area contributed by atoms with Gasteiger partial charge >= 0.3 is 0 Å². The van der Waals surface area contributed by atoms with E-state index in [0.717, 1.165) is 27.3 Å². The Morgan fingerprint density at radius 3 is 2.72 bits per heavy atom. The third kappa shape index (κ3) is 2.93. The van der Waals surface area contributed by atoms with Gasteiger partial charge < -0.3 is 14.9 Å². The van der Waals surface area contributed by atoms with Crippen molar-refractivity contribution in [2.45, 2.75) is 6.92 Å². The molecule has 18 heavy (non-hydrogen) atoms. The normalized spacial score (nSPS) is 10.1. The van der Waals surface area contributed by atoms with E-state index in [2.05, 4.69) is 17.5 Å². The first-order chi connectivity index (χ1) is 7.69. The molecule has 0 saturated carbocycles. The van der Waals surface area contributed by atoms with E-state index in [9.17, 15) is 4.79 Å². The Morgan fingerprint density at radius 1 is 1.50 bits per heavy atom. The Hall–Kier alpha value is -0.425. The second-order valence-electron chi connectivity index (χ2n) is 3.36. The topological polar surface area (TPSA) is 47.9 Å². The first-order valence-electron chi connectivity index (χ1n) is 4.72. The van der Waals surface area contributed by atoms with Crippen molar-refractivity contribution >= 4 is 28.7 Å². The van der Waals surface area contributed by atoms with E-state index in [1.54, 1.807) is 24.6 Å². The van der Waals surface area contributed by atoms with E-state index in [1.807, 2.05) is 17.5 Å². The summed E-state index contributed by atoms with van der Waals surface area (Å²) in [5.74, 6) is 0. The van der Waals surface area contributed by atoms with E-state index >= 15 is 0 Å². The van der Waals surface area contributed by atoms with Crippen molar-refractivity contribution in [1.29, 1.82) is 0 Å². The van der Waals surface area contributed by atoms with Crippen LogP contribution in [0.5, 0.6) is 0 Å². The van der Waals surface area contributed by atoms with Gasteiger partial charge in [-0.25, -0.2) is 6.92 Å². The van der Waals surface area contributed by atoms with Crippen LogP contribution in [0.2, 0.25) is 0 Å². The van der Waals surface area contributed by atoms with Gasteiger partial charge in [0.2, 0.25) is 0 Å². The fourth-order valence-electron chi connectivity index (χ4n) is 1.67. The minimum atomic E-state index is 0. The third-order valence-corrected chi connectivity index (χ3v) is 3.46. The van der Waals surface area contributed by atoms with Crippen molar-refractivity contribution in [3.8, 4) is 0 Å². The zero-order valence-electron chi connectivity index (χ0n) is 9.85. The zero-order valence-corrected chi connectivity index (χ0v) is 16.1. The van der Waals surface area contributed by atoms with Crippen molar-refractivity contribution in [1.82, 2.24) is 4.40 Å². The van der Waals surface area contributed by atoms with Gasteiger partial charge in [0.1, 0.15) is 0 Å². The van der Waals surface area contributed by atoms with Crippen molar-refractivity contribution in [3.63, 3.8) is 0 Å². The summed E-state index contributed by atoms with van der Waals surface area (Å²) in [4.78, 5) is 13.0. The van der Waals surface area contributed by atoms with Crippen LogP contribution in [-0.4, -0.2) is 23.9 Å². The molecule has 0 bridgehead atoms. The van der Waals surface area contributed by atoms with Crippen LogP contribution in [0.1, 0.15) is 26.5 Å². The van der Waals surface area contributed by atoms with Gasteiger partial charge in [-0.3, -0.25) is 4.79 Å². The van der Waals surface area contributed by atoms with Crippen LogP contribution in [0.25, 0.3) is 10.3 Å². The van der Waals surface area contributed by atoms with Crippen LogP contribution in [0.3, 0.4) is 0 Å².